The maximum absolute atomic E-state index is 13.8. The number of rotatable bonds is 4. The van der Waals surface area contributed by atoms with Crippen molar-refractivity contribution in [1.29, 1.82) is 0 Å². The highest BCUT2D eigenvalue weighted by Crippen LogP contribution is 2.25. The molecule has 1 aliphatic heterocycles. The fraction of sp³-hybridized carbons (Fsp3) is 0.316. The third kappa shape index (κ3) is 4.31. The maximum atomic E-state index is 13.8. The predicted molar refractivity (Wildman–Crippen MR) is 103 cm³/mol. The summed E-state index contributed by atoms with van der Waals surface area (Å²) in [6, 6.07) is 9.82. The summed E-state index contributed by atoms with van der Waals surface area (Å²) >= 11 is 5.89. The van der Waals surface area contributed by atoms with Gasteiger partial charge in [-0.15, -0.1) is 0 Å². The van der Waals surface area contributed by atoms with Crippen LogP contribution in [0.4, 0.5) is 10.1 Å². The van der Waals surface area contributed by atoms with E-state index in [9.17, 15) is 17.6 Å². The zero-order chi connectivity index (χ0) is 19.6. The average Bonchev–Trinajstić information content (AvgIpc) is 2.62. The smallest absolute Gasteiger partial charge is 0.260 e. The van der Waals surface area contributed by atoms with Crippen molar-refractivity contribution in [3.05, 3.63) is 58.9 Å². The van der Waals surface area contributed by atoms with Crippen LogP contribution in [0.3, 0.4) is 0 Å². The quantitative estimate of drug-likeness (QED) is 0.823. The number of hydrogen-bond donors (Lipinski definition) is 1. The number of nitrogens with zero attached hydrogens (tertiary/aromatic N) is 1. The Balaban J connectivity index is 1.76. The summed E-state index contributed by atoms with van der Waals surface area (Å²) in [6.45, 7) is 3.05. The highest BCUT2D eigenvalue weighted by atomic mass is 35.5. The Kier molecular flexibility index (Phi) is 5.83. The van der Waals surface area contributed by atoms with Gasteiger partial charge in [0.05, 0.1) is 15.5 Å². The predicted octanol–water partition coefficient (Wildman–Crippen LogP) is 4.15. The zero-order valence-corrected chi connectivity index (χ0v) is 16.4. The molecule has 144 valence electrons. The van der Waals surface area contributed by atoms with Gasteiger partial charge in [-0.2, -0.15) is 4.31 Å². The highest BCUT2D eigenvalue weighted by molar-refractivity contribution is 7.89. The molecule has 0 bridgehead atoms. The van der Waals surface area contributed by atoms with E-state index in [4.69, 9.17) is 11.6 Å². The first-order valence-electron chi connectivity index (χ1n) is 8.64. The summed E-state index contributed by atoms with van der Waals surface area (Å²) < 4.78 is 40.8. The van der Waals surface area contributed by atoms with Crippen molar-refractivity contribution in [3.8, 4) is 0 Å². The Bertz CT molecular complexity index is 928. The van der Waals surface area contributed by atoms with Crippen molar-refractivity contribution in [2.24, 2.45) is 5.92 Å². The molecule has 0 saturated carbocycles. The molecule has 1 atom stereocenters. The van der Waals surface area contributed by atoms with Crippen molar-refractivity contribution in [2.45, 2.75) is 24.7 Å². The average molecular weight is 411 g/mol. The third-order valence-corrected chi connectivity index (χ3v) is 6.75. The van der Waals surface area contributed by atoms with E-state index in [1.807, 2.05) is 6.92 Å². The second kappa shape index (κ2) is 7.96. The summed E-state index contributed by atoms with van der Waals surface area (Å²) in [7, 11) is -3.57. The number of anilines is 1. The second-order valence-electron chi connectivity index (χ2n) is 6.69. The maximum Gasteiger partial charge on any atom is 0.260 e. The Morgan fingerprint density at radius 1 is 1.22 bits per heavy atom. The van der Waals surface area contributed by atoms with Crippen LogP contribution >= 0.6 is 11.6 Å². The Labute approximate surface area is 163 Å². The van der Waals surface area contributed by atoms with E-state index in [0.717, 1.165) is 18.9 Å². The van der Waals surface area contributed by atoms with Gasteiger partial charge in [-0.1, -0.05) is 24.6 Å². The summed E-state index contributed by atoms with van der Waals surface area (Å²) in [6.07, 6.45) is 1.87. The normalized spacial score (nSPS) is 18.3. The van der Waals surface area contributed by atoms with Crippen LogP contribution in [-0.4, -0.2) is 31.7 Å². The molecule has 27 heavy (non-hydrogen) atoms. The molecule has 1 aliphatic rings. The lowest BCUT2D eigenvalue weighted by atomic mass is 10.0. The van der Waals surface area contributed by atoms with Gasteiger partial charge < -0.3 is 5.32 Å². The molecule has 8 heteroatoms. The van der Waals surface area contributed by atoms with Crippen LogP contribution in [0, 0.1) is 11.7 Å². The Morgan fingerprint density at radius 3 is 2.56 bits per heavy atom. The molecule has 0 radical (unpaired) electrons. The summed E-state index contributed by atoms with van der Waals surface area (Å²) in [5.74, 6) is -1.09. The van der Waals surface area contributed by atoms with Crippen LogP contribution in [0.5, 0.6) is 0 Å². The lowest BCUT2D eigenvalue weighted by Gasteiger charge is -2.30. The van der Waals surface area contributed by atoms with Gasteiger partial charge in [-0.05, 0) is 55.2 Å². The largest absolute Gasteiger partial charge is 0.322 e. The molecule has 1 fully saturated rings. The van der Waals surface area contributed by atoms with Crippen molar-refractivity contribution in [2.75, 3.05) is 18.4 Å². The van der Waals surface area contributed by atoms with E-state index in [1.165, 1.54) is 40.7 Å². The lowest BCUT2D eigenvalue weighted by molar-refractivity contribution is 0.102. The van der Waals surface area contributed by atoms with Gasteiger partial charge in [-0.25, -0.2) is 12.8 Å². The SMILES string of the molecule is C[C@H]1CCCN(S(=O)(=O)c2ccc(NC(=O)c3c(F)cccc3Cl)cc2)C1. The summed E-state index contributed by atoms with van der Waals surface area (Å²) in [5.41, 5.74) is 0.100. The van der Waals surface area contributed by atoms with Gasteiger partial charge >= 0.3 is 0 Å². The number of amides is 1. The molecule has 0 aromatic heterocycles. The molecule has 1 amide bonds. The molecule has 0 spiro atoms. The molecular weight excluding hydrogens is 391 g/mol. The fourth-order valence-corrected chi connectivity index (χ4v) is 4.98. The topological polar surface area (TPSA) is 66.5 Å². The Hall–Kier alpha value is -1.96. The van der Waals surface area contributed by atoms with Crippen molar-refractivity contribution < 1.29 is 17.6 Å². The van der Waals surface area contributed by atoms with Gasteiger partial charge in [-0.3, -0.25) is 4.79 Å². The lowest BCUT2D eigenvalue weighted by Crippen LogP contribution is -2.39. The van der Waals surface area contributed by atoms with Gasteiger partial charge in [0.2, 0.25) is 10.0 Å². The zero-order valence-electron chi connectivity index (χ0n) is 14.8. The molecule has 0 aliphatic carbocycles. The van der Waals surface area contributed by atoms with Crippen LogP contribution < -0.4 is 5.32 Å². The van der Waals surface area contributed by atoms with Crippen molar-refractivity contribution >= 4 is 33.2 Å². The highest BCUT2D eigenvalue weighted by Gasteiger charge is 2.28. The van der Waals surface area contributed by atoms with E-state index in [1.54, 1.807) is 0 Å². The fourth-order valence-electron chi connectivity index (χ4n) is 3.13. The molecule has 1 N–H and O–H groups in total. The minimum absolute atomic E-state index is 0.00548. The number of carbonyl (C=O) groups excluding carboxylic acids is 1. The first kappa shape index (κ1) is 19.8. The van der Waals surface area contributed by atoms with E-state index in [0.29, 0.717) is 24.7 Å². The minimum atomic E-state index is -3.57. The van der Waals surface area contributed by atoms with Gasteiger partial charge in [0.1, 0.15) is 5.82 Å². The molecule has 3 rings (SSSR count). The van der Waals surface area contributed by atoms with Crippen molar-refractivity contribution in [3.63, 3.8) is 0 Å². The van der Waals surface area contributed by atoms with E-state index < -0.39 is 21.7 Å². The van der Waals surface area contributed by atoms with Gasteiger partial charge in [0.25, 0.3) is 5.91 Å². The molecule has 1 saturated heterocycles. The van der Waals surface area contributed by atoms with Crippen LogP contribution in [0.1, 0.15) is 30.1 Å². The van der Waals surface area contributed by atoms with Crippen LogP contribution in [0.25, 0.3) is 0 Å². The van der Waals surface area contributed by atoms with Crippen LogP contribution in [0.15, 0.2) is 47.4 Å². The number of halogens is 2. The number of hydrogen-bond acceptors (Lipinski definition) is 3. The first-order chi connectivity index (χ1) is 12.8. The first-order valence-corrected chi connectivity index (χ1v) is 10.5. The standard InChI is InChI=1S/C19H20ClFN2O3S/c1-13-4-3-11-23(12-13)27(25,26)15-9-7-14(8-10-15)22-19(24)18-16(20)5-2-6-17(18)21/h2,5-10,13H,3-4,11-12H2,1H3,(H,22,24)/t13-/m0/s1. The molecule has 2 aromatic rings. The number of sulfonamides is 1. The molecule has 1 heterocycles. The van der Waals surface area contributed by atoms with Gasteiger partial charge in [0, 0.05) is 18.8 Å². The molecular formula is C19H20ClFN2O3S. The van der Waals surface area contributed by atoms with Crippen LogP contribution in [0.2, 0.25) is 5.02 Å². The monoisotopic (exact) mass is 410 g/mol. The second-order valence-corrected chi connectivity index (χ2v) is 9.03. The number of benzene rings is 2. The summed E-state index contributed by atoms with van der Waals surface area (Å²) in [5, 5.41) is 2.54. The minimum Gasteiger partial charge on any atom is -0.322 e. The number of piperidine rings is 1. The van der Waals surface area contributed by atoms with E-state index >= 15 is 0 Å². The van der Waals surface area contributed by atoms with E-state index in [-0.39, 0.29) is 15.5 Å². The number of carbonyl (C=O) groups is 1. The van der Waals surface area contributed by atoms with Crippen LogP contribution in [-0.2, 0) is 10.0 Å². The van der Waals surface area contributed by atoms with Gasteiger partial charge in [0.15, 0.2) is 0 Å². The number of nitrogens with one attached hydrogen (secondary N) is 1. The van der Waals surface area contributed by atoms with Crippen molar-refractivity contribution in [1.82, 2.24) is 4.31 Å². The summed E-state index contributed by atoms with van der Waals surface area (Å²) in [4.78, 5) is 12.4. The Morgan fingerprint density at radius 2 is 1.93 bits per heavy atom. The molecule has 0 unspecified atom stereocenters. The molecule has 2 aromatic carbocycles. The molecule has 5 nitrogen and oxygen atoms in total. The third-order valence-electron chi connectivity index (χ3n) is 4.56. The van der Waals surface area contributed by atoms with E-state index in [2.05, 4.69) is 5.32 Å².